The Morgan fingerprint density at radius 1 is 0.850 bits per heavy atom. The fraction of sp³-hybridized carbons (Fsp3) is 0.214. The van der Waals surface area contributed by atoms with Gasteiger partial charge in [0.1, 0.15) is 0 Å². The van der Waals surface area contributed by atoms with Crippen LogP contribution in [0.25, 0.3) is 17.7 Å². The maximum absolute atomic E-state index is 13.2. The van der Waals surface area contributed by atoms with Gasteiger partial charge in [-0.3, -0.25) is 4.72 Å². The molecule has 0 spiro atoms. The number of nitrogens with zero attached hydrogens (tertiary/aromatic N) is 4. The van der Waals surface area contributed by atoms with E-state index in [9.17, 15) is 8.42 Å². The van der Waals surface area contributed by atoms with Gasteiger partial charge in [0.25, 0.3) is 15.9 Å². The van der Waals surface area contributed by atoms with E-state index >= 15 is 0 Å². The minimum Gasteiger partial charge on any atom is -1.00 e. The molecule has 1 N–H and O–H groups in total. The molecule has 10 nitrogen and oxygen atoms in total. The minimum atomic E-state index is -4.05. The maximum atomic E-state index is 13.2. The molecule has 0 saturated heterocycles. The van der Waals surface area contributed by atoms with Crippen LogP contribution in [0.2, 0.25) is 0 Å². The van der Waals surface area contributed by atoms with Gasteiger partial charge in [-0.15, -0.1) is 0 Å². The molecule has 0 aliphatic carbocycles. The van der Waals surface area contributed by atoms with Crippen molar-refractivity contribution in [3.63, 3.8) is 0 Å². The first-order chi connectivity index (χ1) is 18.6. The van der Waals surface area contributed by atoms with Gasteiger partial charge in [-0.2, -0.15) is 4.98 Å². The van der Waals surface area contributed by atoms with Gasteiger partial charge in [-0.1, -0.05) is 57.2 Å². The minimum absolute atomic E-state index is 0. The topological polar surface area (TPSA) is 125 Å². The van der Waals surface area contributed by atoms with Gasteiger partial charge in [-0.05, 0) is 40.8 Å². The van der Waals surface area contributed by atoms with Crippen molar-refractivity contribution in [3.05, 3.63) is 83.5 Å². The second-order valence-electron chi connectivity index (χ2n) is 9.38. The molecule has 0 amide bonds. The number of para-hydroxylation sites is 2. The van der Waals surface area contributed by atoms with Crippen LogP contribution in [0.4, 0.5) is 5.82 Å². The van der Waals surface area contributed by atoms with Crippen LogP contribution in [0.5, 0.6) is 23.1 Å². The number of hydrogen-bond donors (Lipinski definition) is 1. The number of hydrogen-bond acceptors (Lipinski definition) is 9. The second kappa shape index (κ2) is 13.7. The molecule has 0 atom stereocenters. The molecule has 4 aromatic rings. The van der Waals surface area contributed by atoms with Crippen LogP contribution in [0, 0.1) is 0 Å². The zero-order valence-corrected chi connectivity index (χ0v) is 27.2. The summed E-state index contributed by atoms with van der Waals surface area (Å²) in [5.74, 6) is 0.686. The second-order valence-corrected chi connectivity index (χ2v) is 10.9. The van der Waals surface area contributed by atoms with Gasteiger partial charge in [0.2, 0.25) is 11.6 Å². The number of benzene rings is 2. The van der Waals surface area contributed by atoms with E-state index in [1.807, 2.05) is 24.3 Å². The van der Waals surface area contributed by atoms with E-state index in [1.165, 1.54) is 32.7 Å². The van der Waals surface area contributed by atoms with Crippen LogP contribution in [0.15, 0.2) is 72.4 Å². The fourth-order valence-corrected chi connectivity index (χ4v) is 4.30. The zero-order valence-electron chi connectivity index (χ0n) is 24.2. The molecule has 2 heterocycles. The van der Waals surface area contributed by atoms with Gasteiger partial charge in [0.15, 0.2) is 23.1 Å². The Balaban J connectivity index is 0.00000294. The standard InChI is InChI=1S/C28H29N5O5S.K.H/c1-28(2,3)20-13-11-19(12-14-20)15-18-39(34,35)33-24-23(38-22-10-7-6-9-21(22)36-4)27(37-5)32-26(31-24)25-29-16-8-17-30-25;;/h6-18H,1-5H3,(H,31,32,33);;/q;+1;-1. The molecule has 204 valence electrons. The van der Waals surface area contributed by atoms with E-state index in [0.717, 1.165) is 16.5 Å². The van der Waals surface area contributed by atoms with E-state index in [4.69, 9.17) is 14.2 Å². The number of rotatable bonds is 9. The van der Waals surface area contributed by atoms with Gasteiger partial charge < -0.3 is 15.6 Å². The molecule has 0 unspecified atom stereocenters. The van der Waals surface area contributed by atoms with Crippen LogP contribution in [-0.2, 0) is 15.4 Å². The molecular weight excluding hydrogens is 558 g/mol. The number of anilines is 1. The molecule has 2 aromatic carbocycles. The SMILES string of the molecule is COc1ccccc1Oc1c(NS(=O)(=O)C=Cc2ccc(C(C)(C)C)cc2)nc(-c2ncccn2)nc1OC.[H-].[K+]. The zero-order chi connectivity index (χ0) is 28.0. The number of sulfonamides is 1. The fourth-order valence-electron chi connectivity index (χ4n) is 3.49. The third-order valence-electron chi connectivity index (χ3n) is 5.53. The first-order valence-electron chi connectivity index (χ1n) is 12.0. The Morgan fingerprint density at radius 3 is 2.10 bits per heavy atom. The van der Waals surface area contributed by atoms with Crippen molar-refractivity contribution < 1.29 is 75.4 Å². The van der Waals surface area contributed by atoms with Crippen molar-refractivity contribution in [1.29, 1.82) is 0 Å². The molecule has 0 aliphatic heterocycles. The number of aromatic nitrogens is 4. The van der Waals surface area contributed by atoms with E-state index in [0.29, 0.717) is 11.5 Å². The molecule has 12 heteroatoms. The quantitative estimate of drug-likeness (QED) is 0.294. The summed E-state index contributed by atoms with van der Waals surface area (Å²) in [6, 6.07) is 16.2. The van der Waals surface area contributed by atoms with Gasteiger partial charge in [0.05, 0.1) is 19.6 Å². The van der Waals surface area contributed by atoms with Gasteiger partial charge in [0, 0.05) is 12.4 Å². The van der Waals surface area contributed by atoms with Crippen molar-refractivity contribution in [2.24, 2.45) is 0 Å². The number of ether oxygens (including phenoxy) is 3. The van der Waals surface area contributed by atoms with Crippen LogP contribution >= 0.6 is 0 Å². The summed E-state index contributed by atoms with van der Waals surface area (Å²) in [6.07, 6.45) is 4.54. The molecule has 0 radical (unpaired) electrons. The summed E-state index contributed by atoms with van der Waals surface area (Å²) < 4.78 is 45.6. The van der Waals surface area contributed by atoms with Crippen molar-refractivity contribution in [2.75, 3.05) is 18.9 Å². The van der Waals surface area contributed by atoms with Crippen molar-refractivity contribution >= 4 is 21.9 Å². The molecule has 0 bridgehead atoms. The van der Waals surface area contributed by atoms with E-state index < -0.39 is 10.0 Å². The molecule has 0 saturated carbocycles. The summed E-state index contributed by atoms with van der Waals surface area (Å²) in [6.45, 7) is 6.34. The van der Waals surface area contributed by atoms with Gasteiger partial charge >= 0.3 is 51.4 Å². The van der Waals surface area contributed by atoms with E-state index in [-0.39, 0.29) is 87.3 Å². The largest absolute Gasteiger partial charge is 1.00 e. The smallest absolute Gasteiger partial charge is 1.00 e. The molecule has 4 rings (SSSR count). The third-order valence-corrected chi connectivity index (χ3v) is 6.50. The first kappa shape index (κ1) is 31.7. The summed E-state index contributed by atoms with van der Waals surface area (Å²) in [4.78, 5) is 17.0. The summed E-state index contributed by atoms with van der Waals surface area (Å²) >= 11 is 0. The van der Waals surface area contributed by atoms with Crippen molar-refractivity contribution in [3.8, 4) is 34.8 Å². The summed E-state index contributed by atoms with van der Waals surface area (Å²) in [5.41, 5.74) is 1.85. The Kier molecular flexibility index (Phi) is 10.8. The molecular formula is C28H30KN5O5S. The Bertz CT molecular complexity index is 1580. The van der Waals surface area contributed by atoms with E-state index in [2.05, 4.69) is 45.4 Å². The summed E-state index contributed by atoms with van der Waals surface area (Å²) in [5, 5.41) is 1.05. The number of nitrogens with one attached hydrogen (secondary N) is 1. The molecule has 0 aliphatic rings. The molecule has 40 heavy (non-hydrogen) atoms. The van der Waals surface area contributed by atoms with Crippen molar-refractivity contribution in [2.45, 2.75) is 26.2 Å². The molecule has 2 aromatic heterocycles. The Hall–Kier alpha value is -2.87. The van der Waals surface area contributed by atoms with Crippen LogP contribution in [0.1, 0.15) is 33.3 Å². The van der Waals surface area contributed by atoms with Crippen LogP contribution in [0.3, 0.4) is 0 Å². The Morgan fingerprint density at radius 2 is 1.50 bits per heavy atom. The van der Waals surface area contributed by atoms with E-state index in [1.54, 1.807) is 30.3 Å². The maximum Gasteiger partial charge on any atom is 1.00 e. The normalized spacial score (nSPS) is 11.5. The monoisotopic (exact) mass is 587 g/mol. The molecule has 0 fully saturated rings. The van der Waals surface area contributed by atoms with Gasteiger partial charge in [-0.25, -0.2) is 23.4 Å². The predicted octanol–water partition coefficient (Wildman–Crippen LogP) is 2.57. The third kappa shape index (κ3) is 8.09. The Labute approximate surface area is 278 Å². The first-order valence-corrected chi connectivity index (χ1v) is 13.5. The summed E-state index contributed by atoms with van der Waals surface area (Å²) in [7, 11) is -1.18. The average molecular weight is 588 g/mol. The van der Waals surface area contributed by atoms with Crippen LogP contribution in [-0.4, -0.2) is 42.6 Å². The average Bonchev–Trinajstić information content (AvgIpc) is 2.93. The van der Waals surface area contributed by atoms with Crippen molar-refractivity contribution in [1.82, 2.24) is 19.9 Å². The van der Waals surface area contributed by atoms with Crippen LogP contribution < -0.4 is 70.3 Å². The predicted molar refractivity (Wildman–Crippen MR) is 151 cm³/mol. The number of methoxy groups -OCH3 is 2.